The molecule has 0 N–H and O–H groups in total. The van der Waals surface area contributed by atoms with E-state index in [2.05, 4.69) is 6.07 Å². The van der Waals surface area contributed by atoms with Gasteiger partial charge in [0.1, 0.15) is 5.60 Å². The minimum Gasteiger partial charge on any atom is -0.444 e. The largest absolute Gasteiger partial charge is 0.444 e. The van der Waals surface area contributed by atoms with E-state index in [1.807, 2.05) is 58.0 Å². The van der Waals surface area contributed by atoms with Crippen molar-refractivity contribution in [3.05, 3.63) is 57.6 Å². The van der Waals surface area contributed by atoms with E-state index < -0.39 is 5.60 Å². The van der Waals surface area contributed by atoms with E-state index in [1.54, 1.807) is 4.90 Å². The van der Waals surface area contributed by atoms with Crippen molar-refractivity contribution in [2.24, 2.45) is 0 Å². The van der Waals surface area contributed by atoms with Gasteiger partial charge in [-0.25, -0.2) is 4.79 Å². The van der Waals surface area contributed by atoms with Gasteiger partial charge in [0.15, 0.2) is 0 Å². The molecule has 5 heteroatoms. The van der Waals surface area contributed by atoms with Crippen molar-refractivity contribution < 1.29 is 9.53 Å². The number of ether oxygens (including phenoxy) is 1. The Morgan fingerprint density at radius 2 is 1.89 bits per heavy atom. The molecule has 0 atom stereocenters. The van der Waals surface area contributed by atoms with Gasteiger partial charge in [-0.05, 0) is 80.1 Å². The van der Waals surface area contributed by atoms with E-state index in [4.69, 9.17) is 21.6 Å². The van der Waals surface area contributed by atoms with Crippen molar-refractivity contribution in [2.75, 3.05) is 6.54 Å². The van der Waals surface area contributed by atoms with Crippen molar-refractivity contribution in [2.45, 2.75) is 46.3 Å². The minimum absolute atomic E-state index is 0.310. The molecule has 0 unspecified atom stereocenters. The van der Waals surface area contributed by atoms with Crippen LogP contribution in [0.3, 0.4) is 0 Å². The van der Waals surface area contributed by atoms with Crippen LogP contribution in [-0.2, 0) is 17.7 Å². The molecule has 0 saturated carbocycles. The minimum atomic E-state index is -0.530. The van der Waals surface area contributed by atoms with Gasteiger partial charge in [0.05, 0.1) is 11.6 Å². The monoisotopic (exact) mass is 382 g/mol. The highest BCUT2D eigenvalue weighted by Gasteiger charge is 2.28. The van der Waals surface area contributed by atoms with E-state index in [0.717, 1.165) is 32.8 Å². The molecule has 2 aromatic carbocycles. The molecule has 1 heterocycles. The van der Waals surface area contributed by atoms with Gasteiger partial charge in [-0.1, -0.05) is 23.7 Å². The lowest BCUT2D eigenvalue weighted by Gasteiger charge is -2.33. The summed E-state index contributed by atoms with van der Waals surface area (Å²) in [6.07, 6.45) is 0.381. The molecule has 0 aliphatic carbocycles. The van der Waals surface area contributed by atoms with E-state index in [0.29, 0.717) is 25.1 Å². The molecular formula is C22H23ClN2O2. The van der Waals surface area contributed by atoms with Crippen LogP contribution < -0.4 is 0 Å². The molecule has 1 aliphatic rings. The number of hydrogen-bond acceptors (Lipinski definition) is 3. The lowest BCUT2D eigenvalue weighted by molar-refractivity contribution is 0.0224. The summed E-state index contributed by atoms with van der Waals surface area (Å²) >= 11 is 6.45. The first kappa shape index (κ1) is 19.3. The van der Waals surface area contributed by atoms with Gasteiger partial charge in [0.2, 0.25) is 0 Å². The van der Waals surface area contributed by atoms with E-state index in [9.17, 15) is 4.79 Å². The molecule has 27 heavy (non-hydrogen) atoms. The zero-order valence-corrected chi connectivity index (χ0v) is 16.9. The van der Waals surface area contributed by atoms with Gasteiger partial charge in [-0.15, -0.1) is 0 Å². The van der Waals surface area contributed by atoms with Gasteiger partial charge in [0, 0.05) is 18.1 Å². The highest BCUT2D eigenvalue weighted by atomic mass is 35.5. The average molecular weight is 383 g/mol. The number of nitriles is 1. The Labute approximate surface area is 165 Å². The third-order valence-corrected chi connectivity index (χ3v) is 5.01. The molecule has 0 bridgehead atoms. The Kier molecular flexibility index (Phi) is 5.17. The van der Waals surface area contributed by atoms with Crippen molar-refractivity contribution >= 4 is 17.7 Å². The summed E-state index contributed by atoms with van der Waals surface area (Å²) in [5.74, 6) is 0. The third-order valence-electron chi connectivity index (χ3n) is 4.65. The topological polar surface area (TPSA) is 53.3 Å². The predicted molar refractivity (Wildman–Crippen MR) is 107 cm³/mol. The summed E-state index contributed by atoms with van der Waals surface area (Å²) in [7, 11) is 0. The number of amides is 1. The lowest BCUT2D eigenvalue weighted by Crippen LogP contribution is -2.40. The normalized spacial score (nSPS) is 13.7. The first-order valence-corrected chi connectivity index (χ1v) is 9.36. The van der Waals surface area contributed by atoms with Crippen LogP contribution >= 0.6 is 11.6 Å². The highest BCUT2D eigenvalue weighted by Crippen LogP contribution is 2.36. The van der Waals surface area contributed by atoms with Crippen LogP contribution in [0.15, 0.2) is 30.3 Å². The van der Waals surface area contributed by atoms with Crippen molar-refractivity contribution in [3.8, 4) is 17.2 Å². The summed E-state index contributed by atoms with van der Waals surface area (Å²) in [6.45, 7) is 8.63. The SMILES string of the molecule is Cc1cc(C#N)ccc1-c1ccc(Cl)c2c1CN(C(=O)OC(C)(C)C)CC2. The number of hydrogen-bond donors (Lipinski definition) is 0. The Balaban J connectivity index is 2.01. The van der Waals surface area contributed by atoms with Crippen LogP contribution in [0.1, 0.15) is 43.0 Å². The average Bonchev–Trinajstić information content (AvgIpc) is 2.60. The molecule has 4 nitrogen and oxygen atoms in total. The standard InChI is InChI=1S/C22H23ClN2O2/c1-14-11-15(12-24)5-6-16(14)17-7-8-20(23)18-9-10-25(13-19(17)18)21(26)27-22(2,3)4/h5-8,11H,9-10,13H2,1-4H3. The summed E-state index contributed by atoms with van der Waals surface area (Å²) in [6, 6.07) is 11.7. The molecule has 0 saturated heterocycles. The Hall–Kier alpha value is -2.51. The van der Waals surface area contributed by atoms with Crippen molar-refractivity contribution in [1.82, 2.24) is 4.90 Å². The number of fused-ring (bicyclic) bond motifs is 1. The smallest absolute Gasteiger partial charge is 0.410 e. The lowest BCUT2D eigenvalue weighted by atomic mass is 9.89. The van der Waals surface area contributed by atoms with Gasteiger partial charge >= 0.3 is 6.09 Å². The number of carbonyl (C=O) groups is 1. The highest BCUT2D eigenvalue weighted by molar-refractivity contribution is 6.31. The Bertz CT molecular complexity index is 939. The van der Waals surface area contributed by atoms with Crippen LogP contribution in [-0.4, -0.2) is 23.1 Å². The zero-order chi connectivity index (χ0) is 19.8. The predicted octanol–water partition coefficient (Wildman–Crippen LogP) is 5.48. The first-order valence-electron chi connectivity index (χ1n) is 8.99. The second-order valence-corrected chi connectivity index (χ2v) is 8.25. The molecular weight excluding hydrogens is 360 g/mol. The van der Waals surface area contributed by atoms with Gasteiger partial charge in [0.25, 0.3) is 0 Å². The molecule has 140 valence electrons. The number of benzene rings is 2. The summed E-state index contributed by atoms with van der Waals surface area (Å²) < 4.78 is 5.54. The van der Waals surface area contributed by atoms with Crippen molar-refractivity contribution in [3.63, 3.8) is 0 Å². The van der Waals surface area contributed by atoms with Crippen LogP contribution in [0, 0.1) is 18.3 Å². The first-order chi connectivity index (χ1) is 12.7. The summed E-state index contributed by atoms with van der Waals surface area (Å²) in [5.41, 5.74) is 5.35. The maximum Gasteiger partial charge on any atom is 0.410 e. The number of carbonyl (C=O) groups excluding carboxylic acids is 1. The van der Waals surface area contributed by atoms with Crippen molar-refractivity contribution in [1.29, 1.82) is 5.26 Å². The third kappa shape index (κ3) is 4.09. The van der Waals surface area contributed by atoms with Gasteiger partial charge < -0.3 is 9.64 Å². The molecule has 0 aromatic heterocycles. The molecule has 3 rings (SSSR count). The van der Waals surface area contributed by atoms with E-state index in [1.165, 1.54) is 0 Å². The molecule has 0 spiro atoms. The molecule has 1 amide bonds. The number of aryl methyl sites for hydroxylation is 1. The van der Waals surface area contributed by atoms with Crippen LogP contribution in [0.5, 0.6) is 0 Å². The van der Waals surface area contributed by atoms with E-state index >= 15 is 0 Å². The fraction of sp³-hybridized carbons (Fsp3) is 0.364. The van der Waals surface area contributed by atoms with Gasteiger partial charge in [-0.2, -0.15) is 5.26 Å². The summed E-state index contributed by atoms with van der Waals surface area (Å²) in [4.78, 5) is 14.3. The zero-order valence-electron chi connectivity index (χ0n) is 16.1. The summed E-state index contributed by atoms with van der Waals surface area (Å²) in [5, 5.41) is 9.84. The number of nitrogens with zero attached hydrogens (tertiary/aromatic N) is 2. The molecule has 0 radical (unpaired) electrons. The maximum atomic E-state index is 12.5. The fourth-order valence-electron chi connectivity index (χ4n) is 3.40. The van der Waals surface area contributed by atoms with Gasteiger partial charge in [-0.3, -0.25) is 0 Å². The number of rotatable bonds is 1. The quantitative estimate of drug-likeness (QED) is 0.656. The molecule has 1 aliphatic heterocycles. The molecule has 0 fully saturated rings. The van der Waals surface area contributed by atoms with Crippen LogP contribution in [0.25, 0.3) is 11.1 Å². The maximum absolute atomic E-state index is 12.5. The van der Waals surface area contributed by atoms with E-state index in [-0.39, 0.29) is 6.09 Å². The Morgan fingerprint density at radius 1 is 1.19 bits per heavy atom. The second kappa shape index (κ2) is 7.25. The van der Waals surface area contributed by atoms with Crippen LogP contribution in [0.4, 0.5) is 4.79 Å². The van der Waals surface area contributed by atoms with Crippen LogP contribution in [0.2, 0.25) is 5.02 Å². The molecule has 2 aromatic rings. The second-order valence-electron chi connectivity index (χ2n) is 7.85. The Morgan fingerprint density at radius 3 is 2.52 bits per heavy atom. The number of halogens is 1. The fourth-order valence-corrected chi connectivity index (χ4v) is 3.67.